The molecule has 300 valence electrons. The Morgan fingerprint density at radius 3 is 0.741 bits per heavy atom. The van der Waals surface area contributed by atoms with Crippen LogP contribution in [0.2, 0.25) is 24.2 Å². The van der Waals surface area contributed by atoms with Crippen molar-refractivity contribution in [1.82, 2.24) is 0 Å². The predicted octanol–water partition coefficient (Wildman–Crippen LogP) is 9.27. The van der Waals surface area contributed by atoms with Crippen molar-refractivity contribution >= 4 is 62.1 Å². The van der Waals surface area contributed by atoms with Crippen molar-refractivity contribution in [2.24, 2.45) is 0 Å². The topological polar surface area (TPSA) is 0 Å². The molecular weight excluding hydrogens is 1110 g/mol. The molecule has 8 aromatic rings. The van der Waals surface area contributed by atoms with Crippen LogP contribution in [-0.4, -0.2) is 19.0 Å². The van der Waals surface area contributed by atoms with Gasteiger partial charge in [0.15, 0.2) is 0 Å². The van der Waals surface area contributed by atoms with Gasteiger partial charge < -0.3 is 24.8 Å². The second-order valence-corrected chi connectivity index (χ2v) is 15.8. The number of allylic oxidation sites excluding steroid dienone is 4. The predicted molar refractivity (Wildman–Crippen MR) is 249 cm³/mol. The number of halogens is 2. The molecule has 0 nitrogen and oxygen atoms in total. The summed E-state index contributed by atoms with van der Waals surface area (Å²) in [6.07, 6.45) is 7.79. The Morgan fingerprint density at radius 1 is 0.379 bits per heavy atom. The Morgan fingerprint density at radius 2 is 0.569 bits per heavy atom. The molecule has 6 heteroatoms. The molecule has 0 heterocycles. The summed E-state index contributed by atoms with van der Waals surface area (Å²) in [5.41, 5.74) is 5.39. The maximum absolute atomic E-state index is 3.61. The second-order valence-electron chi connectivity index (χ2n) is 13.1. The van der Waals surface area contributed by atoms with E-state index < -0.39 is 0 Å². The number of hydrogen-bond acceptors (Lipinski definition) is 0. The van der Waals surface area contributed by atoms with Gasteiger partial charge in [0, 0.05) is 70.7 Å². The molecule has 0 bridgehead atoms. The van der Waals surface area contributed by atoms with Gasteiger partial charge in [-0.25, -0.2) is 0 Å². The summed E-state index contributed by atoms with van der Waals surface area (Å²) < 4.78 is 0. The van der Waals surface area contributed by atoms with E-state index in [9.17, 15) is 0 Å². The third-order valence-corrected chi connectivity index (χ3v) is 10.5. The smallest absolute Gasteiger partial charge is 0.0462 e. The molecule has 0 aliphatic carbocycles. The Balaban J connectivity index is 0. The zero-order valence-corrected chi connectivity index (χ0v) is 45.3. The van der Waals surface area contributed by atoms with E-state index >= 15 is 0 Å². The molecule has 4 radical (unpaired) electrons. The summed E-state index contributed by atoms with van der Waals surface area (Å²) in [7, 11) is 1.99. The molecule has 8 aromatic carbocycles. The van der Waals surface area contributed by atoms with Crippen molar-refractivity contribution in [3.05, 3.63) is 218 Å². The van der Waals surface area contributed by atoms with Gasteiger partial charge in [-0.3, -0.25) is 0 Å². The third kappa shape index (κ3) is 21.9. The summed E-state index contributed by atoms with van der Waals surface area (Å²) >= 11 is 0. The maximum Gasteiger partial charge on any atom is 0.0462 e. The fraction of sp³-hybridized carbons (Fsp3) is 0.154. The van der Waals surface area contributed by atoms with Crippen molar-refractivity contribution in [2.75, 3.05) is 0 Å². The van der Waals surface area contributed by atoms with Gasteiger partial charge >= 0.3 is 0 Å². The summed E-state index contributed by atoms with van der Waals surface area (Å²) in [4.78, 5) is 0. The average molecular weight is 1170 g/mol. The molecule has 0 aliphatic heterocycles. The Labute approximate surface area is 405 Å². The quantitative estimate of drug-likeness (QED) is 0.0617. The fourth-order valence-electron chi connectivity index (χ4n) is 5.80. The van der Waals surface area contributed by atoms with Crippen LogP contribution in [0.15, 0.2) is 196 Å². The summed E-state index contributed by atoms with van der Waals surface area (Å²) in [5.74, 6) is 0. The van der Waals surface area contributed by atoms with E-state index in [1.54, 1.807) is 0 Å². The first-order valence-corrected chi connectivity index (χ1v) is 21.4. The third-order valence-electron chi connectivity index (χ3n) is 8.20. The van der Waals surface area contributed by atoms with Gasteiger partial charge in [-0.1, -0.05) is 76.3 Å². The molecule has 0 saturated carbocycles. The van der Waals surface area contributed by atoms with E-state index in [-0.39, 0.29) is 76.5 Å². The fourth-order valence-corrected chi connectivity index (χ4v) is 6.95. The van der Waals surface area contributed by atoms with Crippen LogP contribution in [0.5, 0.6) is 0 Å². The molecule has 0 fully saturated rings. The van der Waals surface area contributed by atoms with Crippen LogP contribution >= 0.6 is 0 Å². The van der Waals surface area contributed by atoms with Gasteiger partial charge in [-0.05, 0) is 24.2 Å². The van der Waals surface area contributed by atoms with Crippen LogP contribution < -0.4 is 24.8 Å². The molecule has 0 unspecified atom stereocenters. The molecule has 0 aliphatic rings. The number of rotatable bonds is 8. The molecule has 0 atom stereocenters. The number of aryl methyl sites for hydroxylation is 4. The molecular formula is C52H56Cl2Hf2Si2-6. The minimum Gasteiger partial charge on any atom is -1.00 e. The zero-order chi connectivity index (χ0) is 39.0. The number of hydrogen-bond donors (Lipinski definition) is 0. The van der Waals surface area contributed by atoms with E-state index in [4.69, 9.17) is 0 Å². The molecule has 0 aromatic heterocycles. The standard InChI is InChI=1S/4C10H9.2C6H10Si.2ClH.2Hf/c4*1-8-6-9-4-2-3-5-10(9)7-8;2*1-3-5-7-6-4-2;;;;/h4*2-7H,1H3;2*3-4H,1-2,5-6H2;2*1H;;/q4*-1;;;;;;/p-2. The summed E-state index contributed by atoms with van der Waals surface area (Å²) in [6.45, 7) is 22.9. The zero-order valence-electron chi connectivity index (χ0n) is 34.6. The van der Waals surface area contributed by atoms with Crippen LogP contribution in [0.3, 0.4) is 0 Å². The summed E-state index contributed by atoms with van der Waals surface area (Å²) in [5, 5.41) is 10.8. The van der Waals surface area contributed by atoms with Crippen LogP contribution in [0, 0.1) is 27.7 Å². The Kier molecular flexibility index (Phi) is 33.3. The maximum atomic E-state index is 3.61. The Bertz CT molecular complexity index is 1830. The number of fused-ring (bicyclic) bond motifs is 4. The summed E-state index contributed by atoms with van der Waals surface area (Å²) in [6, 6.07) is 55.9. The van der Waals surface area contributed by atoms with Crippen LogP contribution in [0.25, 0.3) is 43.1 Å². The van der Waals surface area contributed by atoms with E-state index in [1.165, 1.54) is 65.3 Å². The van der Waals surface area contributed by atoms with E-state index in [0.29, 0.717) is 0 Å². The van der Waals surface area contributed by atoms with Gasteiger partial charge in [0.25, 0.3) is 0 Å². The van der Waals surface area contributed by atoms with E-state index in [0.717, 1.165) is 43.2 Å². The SMILES string of the molecule is C=CC[Si]CC=C.C=CC[Si]CC=C.Cc1cc2ccccc2[cH-]1.Cc1cc2ccccc2[cH-]1.Cc1cc2ccccc2[cH-]1.Cc1cc2ccccc2[cH-]1.[Cl-].[Cl-].[Hf].[Hf]. The van der Waals surface area contributed by atoms with Crippen LogP contribution in [0.1, 0.15) is 22.3 Å². The van der Waals surface area contributed by atoms with Gasteiger partial charge in [0.2, 0.25) is 0 Å². The molecule has 0 amide bonds. The van der Waals surface area contributed by atoms with E-state index in [1.807, 2.05) is 24.3 Å². The van der Waals surface area contributed by atoms with Crippen molar-refractivity contribution in [3.8, 4) is 0 Å². The molecule has 0 spiro atoms. The van der Waals surface area contributed by atoms with Crippen LogP contribution in [0.4, 0.5) is 0 Å². The van der Waals surface area contributed by atoms with Crippen molar-refractivity contribution in [1.29, 1.82) is 0 Å². The normalized spacial score (nSPS) is 9.17. The second kappa shape index (κ2) is 33.8. The van der Waals surface area contributed by atoms with Crippen molar-refractivity contribution < 1.29 is 76.5 Å². The molecule has 58 heavy (non-hydrogen) atoms. The van der Waals surface area contributed by atoms with Crippen molar-refractivity contribution in [2.45, 2.75) is 51.9 Å². The molecule has 0 N–H and O–H groups in total. The molecule has 0 saturated heterocycles. The van der Waals surface area contributed by atoms with Gasteiger partial charge in [0.1, 0.15) is 0 Å². The van der Waals surface area contributed by atoms with Crippen molar-refractivity contribution in [3.63, 3.8) is 0 Å². The monoisotopic (exact) mass is 1170 g/mol. The largest absolute Gasteiger partial charge is 1.00 e. The van der Waals surface area contributed by atoms with E-state index in [2.05, 4.69) is 200 Å². The van der Waals surface area contributed by atoms with Gasteiger partial charge in [-0.15, -0.1) is 189 Å². The Hall–Kier alpha value is -2.97. The number of benzene rings is 4. The minimum absolute atomic E-state index is 0. The van der Waals surface area contributed by atoms with Crippen LogP contribution in [-0.2, 0) is 51.7 Å². The minimum atomic E-state index is 0. The average Bonchev–Trinajstić information content (AvgIpc) is 3.95. The molecule has 8 rings (SSSR count). The first-order valence-electron chi connectivity index (χ1n) is 18.6. The van der Waals surface area contributed by atoms with Gasteiger partial charge in [-0.2, -0.15) is 24.3 Å². The first-order chi connectivity index (χ1) is 26.3. The first kappa shape index (κ1) is 57.1. The van der Waals surface area contributed by atoms with Gasteiger partial charge in [0.05, 0.1) is 0 Å².